The molecule has 0 atom stereocenters. The van der Waals surface area contributed by atoms with E-state index in [4.69, 9.17) is 15.7 Å². The third-order valence-corrected chi connectivity index (χ3v) is 3.82. The number of hydrogen-bond acceptors (Lipinski definition) is 5. The van der Waals surface area contributed by atoms with E-state index in [9.17, 15) is 4.79 Å². The van der Waals surface area contributed by atoms with Gasteiger partial charge < -0.3 is 15.4 Å². The molecule has 0 amide bonds. The zero-order chi connectivity index (χ0) is 17.9. The number of rotatable bonds is 9. The van der Waals surface area contributed by atoms with E-state index in [1.807, 2.05) is 30.3 Å². The van der Waals surface area contributed by atoms with Gasteiger partial charge in [-0.15, -0.1) is 0 Å². The molecular weight excluding hydrogens is 302 g/mol. The number of anilines is 1. The van der Waals surface area contributed by atoms with E-state index in [1.165, 1.54) is 12.8 Å². The van der Waals surface area contributed by atoms with Crippen LogP contribution in [0.2, 0.25) is 0 Å². The van der Waals surface area contributed by atoms with Crippen molar-refractivity contribution in [2.24, 2.45) is 5.73 Å². The standard InChI is InChI=1S/C19H27N3O2/c1-4-7-8-13-22(5-2)16-11-9-15(10-12-16)18(21)17(14-20)19(23)24-6-3/h9-12H,4-8,13,21H2,1-3H3/b18-17-. The Kier molecular flexibility index (Phi) is 8.42. The number of esters is 1. The number of ether oxygens (including phenoxy) is 1. The van der Waals surface area contributed by atoms with Crippen LogP contribution in [0.25, 0.3) is 5.70 Å². The number of nitrogens with zero attached hydrogens (tertiary/aromatic N) is 2. The van der Waals surface area contributed by atoms with Crippen LogP contribution in [0.1, 0.15) is 45.6 Å². The number of hydrogen-bond donors (Lipinski definition) is 1. The van der Waals surface area contributed by atoms with Crippen LogP contribution in [0.3, 0.4) is 0 Å². The van der Waals surface area contributed by atoms with Gasteiger partial charge in [-0.2, -0.15) is 5.26 Å². The van der Waals surface area contributed by atoms with E-state index < -0.39 is 5.97 Å². The fourth-order valence-corrected chi connectivity index (χ4v) is 2.44. The van der Waals surface area contributed by atoms with Crippen LogP contribution in [0.5, 0.6) is 0 Å². The highest BCUT2D eigenvalue weighted by Gasteiger charge is 2.16. The summed E-state index contributed by atoms with van der Waals surface area (Å²) in [6.07, 6.45) is 3.58. The Labute approximate surface area is 144 Å². The van der Waals surface area contributed by atoms with Crippen molar-refractivity contribution < 1.29 is 9.53 Å². The summed E-state index contributed by atoms with van der Waals surface area (Å²) in [6.45, 7) is 8.16. The molecule has 0 spiro atoms. The van der Waals surface area contributed by atoms with Crippen LogP contribution in [-0.2, 0) is 9.53 Å². The molecule has 0 aliphatic heterocycles. The highest BCUT2D eigenvalue weighted by Crippen LogP contribution is 2.20. The number of benzene rings is 1. The summed E-state index contributed by atoms with van der Waals surface area (Å²) in [5.41, 5.74) is 7.73. The molecule has 0 aliphatic rings. The lowest BCUT2D eigenvalue weighted by atomic mass is 10.1. The van der Waals surface area contributed by atoms with E-state index in [-0.39, 0.29) is 17.9 Å². The zero-order valence-corrected chi connectivity index (χ0v) is 14.8. The molecule has 2 N–H and O–H groups in total. The first-order valence-electron chi connectivity index (χ1n) is 8.51. The van der Waals surface area contributed by atoms with Gasteiger partial charge in [0, 0.05) is 18.8 Å². The van der Waals surface area contributed by atoms with Crippen molar-refractivity contribution in [2.45, 2.75) is 40.0 Å². The van der Waals surface area contributed by atoms with Crippen molar-refractivity contribution in [3.63, 3.8) is 0 Å². The Hall–Kier alpha value is -2.48. The highest BCUT2D eigenvalue weighted by molar-refractivity contribution is 6.01. The molecule has 0 heterocycles. The molecule has 0 unspecified atom stereocenters. The van der Waals surface area contributed by atoms with Crippen molar-refractivity contribution in [1.29, 1.82) is 5.26 Å². The summed E-state index contributed by atoms with van der Waals surface area (Å²) in [5.74, 6) is -0.684. The van der Waals surface area contributed by atoms with E-state index in [0.717, 1.165) is 25.2 Å². The molecule has 1 aromatic carbocycles. The van der Waals surface area contributed by atoms with Crippen LogP contribution in [0.15, 0.2) is 29.8 Å². The minimum Gasteiger partial charge on any atom is -0.462 e. The second kappa shape index (κ2) is 10.3. The Bertz CT molecular complexity index is 600. The minimum atomic E-state index is -0.684. The molecule has 0 aliphatic carbocycles. The monoisotopic (exact) mass is 329 g/mol. The number of nitriles is 1. The van der Waals surface area contributed by atoms with Gasteiger partial charge in [-0.05, 0) is 38.0 Å². The first kappa shape index (κ1) is 19.6. The van der Waals surface area contributed by atoms with Crippen molar-refractivity contribution >= 4 is 17.4 Å². The van der Waals surface area contributed by atoms with Crippen molar-refractivity contribution in [2.75, 3.05) is 24.6 Å². The van der Waals surface area contributed by atoms with E-state index in [0.29, 0.717) is 5.56 Å². The van der Waals surface area contributed by atoms with E-state index in [1.54, 1.807) is 6.92 Å². The first-order valence-corrected chi connectivity index (χ1v) is 8.51. The molecule has 24 heavy (non-hydrogen) atoms. The molecule has 130 valence electrons. The molecular formula is C19H27N3O2. The van der Waals surface area contributed by atoms with Gasteiger partial charge in [-0.25, -0.2) is 4.79 Å². The second-order valence-corrected chi connectivity index (χ2v) is 5.45. The highest BCUT2D eigenvalue weighted by atomic mass is 16.5. The average Bonchev–Trinajstić information content (AvgIpc) is 2.60. The van der Waals surface area contributed by atoms with Gasteiger partial charge >= 0.3 is 5.97 Å². The zero-order valence-electron chi connectivity index (χ0n) is 14.8. The van der Waals surface area contributed by atoms with Gasteiger partial charge in [0.05, 0.1) is 12.3 Å². The topological polar surface area (TPSA) is 79.4 Å². The molecule has 0 bridgehead atoms. The van der Waals surface area contributed by atoms with Gasteiger partial charge in [-0.3, -0.25) is 0 Å². The fraction of sp³-hybridized carbons (Fsp3) is 0.474. The Morgan fingerprint density at radius 1 is 1.21 bits per heavy atom. The van der Waals surface area contributed by atoms with Crippen molar-refractivity contribution in [3.8, 4) is 6.07 Å². The summed E-state index contributed by atoms with van der Waals surface area (Å²) < 4.78 is 4.86. The third kappa shape index (κ3) is 5.31. The molecule has 0 fully saturated rings. The van der Waals surface area contributed by atoms with Gasteiger partial charge in [0.15, 0.2) is 5.57 Å². The maximum Gasteiger partial charge on any atom is 0.351 e. The Balaban J connectivity index is 2.96. The maximum atomic E-state index is 11.8. The number of carbonyl (C=O) groups is 1. The van der Waals surface area contributed by atoms with Crippen LogP contribution in [-0.4, -0.2) is 25.7 Å². The lowest BCUT2D eigenvalue weighted by Gasteiger charge is -2.23. The normalized spacial score (nSPS) is 11.4. The van der Waals surface area contributed by atoms with Crippen LogP contribution in [0, 0.1) is 11.3 Å². The lowest BCUT2D eigenvalue weighted by Crippen LogP contribution is -2.23. The minimum absolute atomic E-state index is 0.150. The number of unbranched alkanes of at least 4 members (excludes halogenated alkanes) is 2. The van der Waals surface area contributed by atoms with Crippen LogP contribution in [0.4, 0.5) is 5.69 Å². The third-order valence-electron chi connectivity index (χ3n) is 3.82. The molecule has 1 aromatic rings. The summed E-state index contributed by atoms with van der Waals surface area (Å²) in [5, 5.41) is 9.16. The first-order chi connectivity index (χ1) is 11.6. The molecule has 0 radical (unpaired) electrons. The summed E-state index contributed by atoms with van der Waals surface area (Å²) in [4.78, 5) is 14.1. The number of carbonyl (C=O) groups excluding carboxylic acids is 1. The van der Waals surface area contributed by atoms with Crippen LogP contribution >= 0.6 is 0 Å². The molecule has 0 aromatic heterocycles. The van der Waals surface area contributed by atoms with E-state index >= 15 is 0 Å². The van der Waals surface area contributed by atoms with Crippen molar-refractivity contribution in [3.05, 3.63) is 35.4 Å². The largest absolute Gasteiger partial charge is 0.462 e. The fourth-order valence-electron chi connectivity index (χ4n) is 2.44. The predicted octanol–water partition coefficient (Wildman–Crippen LogP) is 3.46. The molecule has 0 saturated carbocycles. The summed E-state index contributed by atoms with van der Waals surface area (Å²) >= 11 is 0. The molecule has 0 saturated heterocycles. The van der Waals surface area contributed by atoms with Gasteiger partial charge in [0.1, 0.15) is 6.07 Å². The maximum absolute atomic E-state index is 11.8. The van der Waals surface area contributed by atoms with Gasteiger partial charge in [-0.1, -0.05) is 31.9 Å². The molecule has 5 heteroatoms. The smallest absolute Gasteiger partial charge is 0.351 e. The molecule has 5 nitrogen and oxygen atoms in total. The van der Waals surface area contributed by atoms with Gasteiger partial charge in [0.25, 0.3) is 0 Å². The quantitative estimate of drug-likeness (QED) is 0.325. The molecule has 1 rings (SSSR count). The average molecular weight is 329 g/mol. The SMILES string of the molecule is CCCCCN(CC)c1ccc(/C(N)=C(\C#N)C(=O)OCC)cc1. The summed E-state index contributed by atoms with van der Waals surface area (Å²) in [6, 6.07) is 9.45. The predicted molar refractivity (Wildman–Crippen MR) is 97.2 cm³/mol. The Morgan fingerprint density at radius 3 is 2.38 bits per heavy atom. The summed E-state index contributed by atoms with van der Waals surface area (Å²) in [7, 11) is 0. The van der Waals surface area contributed by atoms with Gasteiger partial charge in [0.2, 0.25) is 0 Å². The second-order valence-electron chi connectivity index (χ2n) is 5.45. The van der Waals surface area contributed by atoms with E-state index in [2.05, 4.69) is 18.7 Å². The van der Waals surface area contributed by atoms with Crippen LogP contribution < -0.4 is 10.6 Å². The lowest BCUT2D eigenvalue weighted by molar-refractivity contribution is -0.137. The number of nitrogens with two attached hydrogens (primary N) is 1. The Morgan fingerprint density at radius 2 is 1.88 bits per heavy atom. The van der Waals surface area contributed by atoms with Crippen molar-refractivity contribution in [1.82, 2.24) is 0 Å².